The Hall–Kier alpha value is -2.66. The lowest BCUT2D eigenvalue weighted by molar-refractivity contribution is -0.0836. The van der Waals surface area contributed by atoms with Gasteiger partial charge in [0.1, 0.15) is 5.03 Å². The maximum atomic E-state index is 14.8. The molecule has 3 rings (SSSR count). The van der Waals surface area contributed by atoms with E-state index in [0.717, 1.165) is 37.3 Å². The number of rotatable bonds is 7. The van der Waals surface area contributed by atoms with Crippen LogP contribution in [0.1, 0.15) is 37.3 Å². The van der Waals surface area contributed by atoms with Crippen molar-refractivity contribution in [3.8, 4) is 22.3 Å². The molecule has 168 valence electrons. The zero-order valence-electron chi connectivity index (χ0n) is 17.4. The number of hydrogen-bond donors (Lipinski definition) is 0. The summed E-state index contributed by atoms with van der Waals surface area (Å²) in [6, 6.07) is 16.0. The summed E-state index contributed by atoms with van der Waals surface area (Å²) in [6.07, 6.45) is 0.454. The third-order valence-corrected chi connectivity index (χ3v) is 5.53. The highest BCUT2D eigenvalue weighted by molar-refractivity contribution is 6.32. The van der Waals surface area contributed by atoms with Crippen molar-refractivity contribution in [2.45, 2.75) is 38.8 Å². The number of halogens is 6. The highest BCUT2D eigenvalue weighted by atomic mass is 35.5. The molecule has 0 N–H and O–H groups in total. The second-order valence-corrected chi connectivity index (χ2v) is 7.96. The van der Waals surface area contributed by atoms with Crippen LogP contribution in [0.4, 0.5) is 22.0 Å². The van der Waals surface area contributed by atoms with Gasteiger partial charge in [-0.15, -0.1) is 0 Å². The van der Waals surface area contributed by atoms with E-state index in [1.54, 1.807) is 12.1 Å². The molecule has 0 bridgehead atoms. The van der Waals surface area contributed by atoms with Crippen LogP contribution in [0.15, 0.2) is 65.7 Å². The summed E-state index contributed by atoms with van der Waals surface area (Å²) in [4.78, 5) is 0. The first-order chi connectivity index (χ1) is 15.2. The van der Waals surface area contributed by atoms with Gasteiger partial charge in [-0.25, -0.2) is 8.78 Å². The molecule has 0 atom stereocenters. The lowest BCUT2D eigenvalue weighted by atomic mass is 9.97. The Labute approximate surface area is 189 Å². The maximum absolute atomic E-state index is 14.8. The fourth-order valence-corrected chi connectivity index (χ4v) is 3.54. The maximum Gasteiger partial charge on any atom is 0.426 e. The van der Waals surface area contributed by atoms with Crippen LogP contribution in [0, 0.1) is 11.6 Å². The average molecular weight is 465 g/mol. The van der Waals surface area contributed by atoms with Crippen molar-refractivity contribution >= 4 is 17.7 Å². The highest BCUT2D eigenvalue weighted by Gasteiger charge is 2.32. The van der Waals surface area contributed by atoms with Crippen molar-refractivity contribution in [1.82, 2.24) is 0 Å². The first-order valence-corrected chi connectivity index (χ1v) is 10.7. The molecule has 0 aliphatic heterocycles. The van der Waals surface area contributed by atoms with Gasteiger partial charge >= 0.3 is 6.18 Å². The van der Waals surface area contributed by atoms with Crippen molar-refractivity contribution in [2.75, 3.05) is 0 Å². The number of aryl methyl sites for hydroxylation is 1. The summed E-state index contributed by atoms with van der Waals surface area (Å²) in [6.45, 7) is 2.14. The summed E-state index contributed by atoms with van der Waals surface area (Å²) in [5, 5.41) is -1.26. The molecular formula is C26H22ClF5. The smallest absolute Gasteiger partial charge is 0.203 e. The third kappa shape index (κ3) is 5.77. The molecular weight excluding hydrogens is 443 g/mol. The molecule has 32 heavy (non-hydrogen) atoms. The van der Waals surface area contributed by atoms with E-state index < -0.39 is 22.8 Å². The molecule has 0 nitrogen and oxygen atoms in total. The molecule has 3 aromatic rings. The van der Waals surface area contributed by atoms with Crippen LogP contribution in [0.25, 0.3) is 28.3 Å². The normalized spacial score (nSPS) is 12.3. The number of hydrogen-bond acceptors (Lipinski definition) is 0. The van der Waals surface area contributed by atoms with Crippen LogP contribution in [-0.2, 0) is 6.42 Å². The van der Waals surface area contributed by atoms with Gasteiger partial charge in [0.05, 0.1) is 0 Å². The first-order valence-electron chi connectivity index (χ1n) is 10.3. The molecule has 6 heteroatoms. The first kappa shape index (κ1) is 24.0. The van der Waals surface area contributed by atoms with E-state index in [2.05, 4.69) is 6.92 Å². The number of alkyl halides is 3. The SMILES string of the molecule is CCCCCc1ccc(-c2ccc(-c3ccc(/C=C(\Cl)C(F)(F)F)cc3)c(F)c2F)cc1. The van der Waals surface area contributed by atoms with E-state index in [1.165, 1.54) is 36.4 Å². The van der Waals surface area contributed by atoms with E-state index in [9.17, 15) is 22.0 Å². The minimum Gasteiger partial charge on any atom is -0.203 e. The van der Waals surface area contributed by atoms with E-state index in [4.69, 9.17) is 11.6 Å². The summed E-state index contributed by atoms with van der Waals surface area (Å²) in [7, 11) is 0. The predicted molar refractivity (Wildman–Crippen MR) is 120 cm³/mol. The summed E-state index contributed by atoms with van der Waals surface area (Å²) < 4.78 is 67.3. The van der Waals surface area contributed by atoms with Crippen molar-refractivity contribution in [1.29, 1.82) is 0 Å². The minimum atomic E-state index is -4.64. The molecule has 0 unspecified atom stereocenters. The van der Waals surface area contributed by atoms with E-state index in [-0.39, 0.29) is 16.7 Å². The Morgan fingerprint density at radius 3 is 1.75 bits per heavy atom. The topological polar surface area (TPSA) is 0 Å². The van der Waals surface area contributed by atoms with Crippen LogP contribution in [-0.4, -0.2) is 6.18 Å². The summed E-state index contributed by atoms with van der Waals surface area (Å²) >= 11 is 5.24. The third-order valence-electron chi connectivity index (χ3n) is 5.20. The molecule has 0 aliphatic carbocycles. The molecule has 0 amide bonds. The molecule has 0 saturated carbocycles. The Morgan fingerprint density at radius 1 is 0.781 bits per heavy atom. The van der Waals surface area contributed by atoms with E-state index in [0.29, 0.717) is 11.1 Å². The van der Waals surface area contributed by atoms with Crippen LogP contribution in [0.5, 0.6) is 0 Å². The van der Waals surface area contributed by atoms with Gasteiger partial charge in [0.15, 0.2) is 11.6 Å². The van der Waals surface area contributed by atoms with Gasteiger partial charge in [0.2, 0.25) is 0 Å². The Kier molecular flexibility index (Phi) is 7.73. The van der Waals surface area contributed by atoms with Crippen molar-refractivity contribution in [2.24, 2.45) is 0 Å². The number of unbranched alkanes of at least 4 members (excludes halogenated alkanes) is 2. The van der Waals surface area contributed by atoms with Crippen LogP contribution in [0.2, 0.25) is 0 Å². The monoisotopic (exact) mass is 464 g/mol. The fourth-order valence-electron chi connectivity index (χ4n) is 3.41. The zero-order valence-corrected chi connectivity index (χ0v) is 18.2. The van der Waals surface area contributed by atoms with Crippen LogP contribution < -0.4 is 0 Å². The predicted octanol–water partition coefficient (Wildman–Crippen LogP) is 9.17. The standard InChI is InChI=1S/C26H22ClF5/c1-2-3-4-5-17-6-10-19(11-7-17)21-14-15-22(25(29)24(21)28)20-12-8-18(9-13-20)16-23(27)26(30,31)32/h6-16H,2-5H2,1H3/b23-16-. The second-order valence-electron chi connectivity index (χ2n) is 7.55. The van der Waals surface area contributed by atoms with Gasteiger partial charge in [0.25, 0.3) is 0 Å². The average Bonchev–Trinajstić information content (AvgIpc) is 2.76. The van der Waals surface area contributed by atoms with Gasteiger partial charge in [-0.2, -0.15) is 13.2 Å². The van der Waals surface area contributed by atoms with Crippen LogP contribution >= 0.6 is 11.6 Å². The number of allylic oxidation sites excluding steroid dienone is 1. The van der Waals surface area contributed by atoms with Gasteiger partial charge in [-0.05, 0) is 41.2 Å². The molecule has 0 aliphatic rings. The van der Waals surface area contributed by atoms with E-state index in [1.807, 2.05) is 12.1 Å². The molecule has 3 aromatic carbocycles. The summed E-state index contributed by atoms with van der Waals surface area (Å²) in [5.74, 6) is -1.98. The van der Waals surface area contributed by atoms with Gasteiger partial charge < -0.3 is 0 Å². The molecule has 0 spiro atoms. The molecule has 0 heterocycles. The Balaban J connectivity index is 1.83. The van der Waals surface area contributed by atoms with Crippen molar-refractivity contribution in [3.63, 3.8) is 0 Å². The molecule has 0 radical (unpaired) electrons. The highest BCUT2D eigenvalue weighted by Crippen LogP contribution is 2.33. The lowest BCUT2D eigenvalue weighted by Gasteiger charge is -2.10. The quantitative estimate of drug-likeness (QED) is 0.241. The molecule has 0 saturated heterocycles. The lowest BCUT2D eigenvalue weighted by Crippen LogP contribution is -2.06. The Bertz CT molecular complexity index is 1080. The van der Waals surface area contributed by atoms with Gasteiger partial charge in [-0.1, -0.05) is 92.0 Å². The van der Waals surface area contributed by atoms with E-state index >= 15 is 0 Å². The van der Waals surface area contributed by atoms with Crippen molar-refractivity contribution in [3.05, 3.63) is 88.5 Å². The van der Waals surface area contributed by atoms with Gasteiger partial charge in [-0.3, -0.25) is 0 Å². The zero-order chi connectivity index (χ0) is 23.3. The van der Waals surface area contributed by atoms with Crippen LogP contribution in [0.3, 0.4) is 0 Å². The number of benzene rings is 3. The van der Waals surface area contributed by atoms with Crippen molar-refractivity contribution < 1.29 is 22.0 Å². The Morgan fingerprint density at radius 2 is 1.28 bits per heavy atom. The van der Waals surface area contributed by atoms with Gasteiger partial charge in [0, 0.05) is 11.1 Å². The largest absolute Gasteiger partial charge is 0.426 e. The minimum absolute atomic E-state index is 0.0277. The second kappa shape index (κ2) is 10.3. The summed E-state index contributed by atoms with van der Waals surface area (Å²) in [5.41, 5.74) is 2.46. The molecule has 0 aromatic heterocycles. The fraction of sp³-hybridized carbons (Fsp3) is 0.231. The molecule has 0 fully saturated rings.